The first-order valence-corrected chi connectivity index (χ1v) is 11.7. The van der Waals surface area contributed by atoms with Crippen LogP contribution in [0.5, 0.6) is 0 Å². The Bertz CT molecular complexity index is 926. The molecule has 2 aromatic carbocycles. The summed E-state index contributed by atoms with van der Waals surface area (Å²) in [5, 5.41) is 6.27. The number of para-hydroxylation sites is 1. The van der Waals surface area contributed by atoms with Crippen molar-refractivity contribution in [3.63, 3.8) is 0 Å². The van der Waals surface area contributed by atoms with E-state index in [1.54, 1.807) is 4.90 Å². The zero-order chi connectivity index (χ0) is 22.2. The fraction of sp³-hybridized carbons (Fsp3) is 0.423. The normalized spacial score (nSPS) is 22.3. The van der Waals surface area contributed by atoms with E-state index in [0.29, 0.717) is 13.0 Å². The summed E-state index contributed by atoms with van der Waals surface area (Å²) in [5.41, 5.74) is 1.94. The predicted octanol–water partition coefficient (Wildman–Crippen LogP) is 5.56. The molecule has 4 rings (SSSR count). The molecular formula is C26H33IN4O2. The number of aliphatic imine (C=N–C) groups is 1. The number of amides is 3. The number of anilines is 1. The lowest BCUT2D eigenvalue weighted by atomic mass is 9.85. The number of rotatable bonds is 3. The van der Waals surface area contributed by atoms with Crippen LogP contribution in [0.25, 0.3) is 0 Å². The molecule has 2 aliphatic rings. The van der Waals surface area contributed by atoms with E-state index in [4.69, 9.17) is 0 Å². The summed E-state index contributed by atoms with van der Waals surface area (Å²) in [7, 11) is 0. The highest BCUT2D eigenvalue weighted by molar-refractivity contribution is 14.0. The zero-order valence-electron chi connectivity index (χ0n) is 18.9. The van der Waals surface area contributed by atoms with Gasteiger partial charge in [0, 0.05) is 25.2 Å². The first-order valence-electron chi connectivity index (χ1n) is 11.7. The molecule has 6 nitrogen and oxygen atoms in total. The van der Waals surface area contributed by atoms with Gasteiger partial charge in [0.25, 0.3) is 5.91 Å². The van der Waals surface area contributed by atoms with Gasteiger partial charge in [0.05, 0.1) is 0 Å². The van der Waals surface area contributed by atoms with E-state index < -0.39 is 6.04 Å². The smallest absolute Gasteiger partial charge is 0.322 e. The summed E-state index contributed by atoms with van der Waals surface area (Å²) in [6.45, 7) is 1.37. The third-order valence-electron chi connectivity index (χ3n) is 6.36. The first-order chi connectivity index (χ1) is 15.7. The van der Waals surface area contributed by atoms with E-state index in [9.17, 15) is 9.59 Å². The molecule has 33 heavy (non-hydrogen) atoms. The van der Waals surface area contributed by atoms with Gasteiger partial charge >= 0.3 is 6.03 Å². The van der Waals surface area contributed by atoms with Crippen LogP contribution in [0.15, 0.2) is 65.7 Å². The number of likely N-dealkylation sites (tertiary alicyclic amines) is 1. The van der Waals surface area contributed by atoms with Gasteiger partial charge in [-0.1, -0.05) is 61.4 Å². The summed E-state index contributed by atoms with van der Waals surface area (Å²) >= 11 is 0. The van der Waals surface area contributed by atoms with Gasteiger partial charge < -0.3 is 15.5 Å². The standard InChI is InChI=1S/C26H32N4O2.HI/c31-25(29-24-15-9-1-2-10-17-27-24)23-19-21(20-11-5-3-6-12-20)16-18-30(23)26(32)28-22-13-7-4-8-14-22;/h3-8,11-14,21,23H,1-2,9-10,15-19H2,(H,28,32)(H,27,29,31);1H. The molecule has 2 aromatic rings. The molecule has 2 fully saturated rings. The van der Waals surface area contributed by atoms with Crippen molar-refractivity contribution < 1.29 is 9.59 Å². The van der Waals surface area contributed by atoms with E-state index in [-0.39, 0.29) is 41.8 Å². The van der Waals surface area contributed by atoms with Crippen LogP contribution >= 0.6 is 24.0 Å². The average molecular weight is 560 g/mol. The monoisotopic (exact) mass is 560 g/mol. The van der Waals surface area contributed by atoms with Crippen LogP contribution in [0.4, 0.5) is 10.5 Å². The third kappa shape index (κ3) is 7.03. The lowest BCUT2D eigenvalue weighted by Gasteiger charge is -2.38. The molecule has 2 saturated heterocycles. The Morgan fingerprint density at radius 3 is 2.39 bits per heavy atom. The van der Waals surface area contributed by atoms with E-state index in [1.165, 1.54) is 18.4 Å². The van der Waals surface area contributed by atoms with Crippen molar-refractivity contribution in [2.45, 2.75) is 56.9 Å². The van der Waals surface area contributed by atoms with Gasteiger partial charge in [-0.25, -0.2) is 4.79 Å². The minimum absolute atomic E-state index is 0. The number of amidine groups is 1. The lowest BCUT2D eigenvalue weighted by molar-refractivity contribution is -0.123. The molecule has 2 heterocycles. The maximum absolute atomic E-state index is 13.4. The molecule has 3 amide bonds. The second kappa shape index (κ2) is 12.7. The number of hydrogen-bond donors (Lipinski definition) is 2. The summed E-state index contributed by atoms with van der Waals surface area (Å²) in [4.78, 5) is 32.6. The second-order valence-electron chi connectivity index (χ2n) is 8.63. The largest absolute Gasteiger partial charge is 0.373 e. The first kappa shape index (κ1) is 25.2. The number of carbonyl (C=O) groups is 2. The van der Waals surface area contributed by atoms with Crippen molar-refractivity contribution in [2.24, 2.45) is 4.99 Å². The Morgan fingerprint density at radius 2 is 1.64 bits per heavy atom. The Hall–Kier alpha value is -2.42. The van der Waals surface area contributed by atoms with Crippen molar-refractivity contribution in [2.75, 3.05) is 18.4 Å². The maximum Gasteiger partial charge on any atom is 0.322 e. The van der Waals surface area contributed by atoms with Crippen LogP contribution in [0.3, 0.4) is 0 Å². The van der Waals surface area contributed by atoms with Gasteiger partial charge in [-0.3, -0.25) is 4.79 Å². The fourth-order valence-electron chi connectivity index (χ4n) is 4.58. The highest BCUT2D eigenvalue weighted by Gasteiger charge is 2.37. The van der Waals surface area contributed by atoms with E-state index >= 15 is 0 Å². The van der Waals surface area contributed by atoms with Gasteiger partial charge in [-0.05, 0) is 49.3 Å². The van der Waals surface area contributed by atoms with Crippen molar-refractivity contribution in [1.82, 2.24) is 10.2 Å². The van der Waals surface area contributed by atoms with Gasteiger partial charge in [0.2, 0.25) is 0 Å². The minimum Gasteiger partial charge on any atom is -0.373 e. The Kier molecular flexibility index (Phi) is 9.72. The van der Waals surface area contributed by atoms with Gasteiger partial charge in [0.15, 0.2) is 0 Å². The lowest BCUT2D eigenvalue weighted by Crippen LogP contribution is -2.51. The van der Waals surface area contributed by atoms with Crippen molar-refractivity contribution in [1.29, 1.82) is 0 Å². The number of urea groups is 1. The maximum atomic E-state index is 13.4. The molecule has 2 N–H and O–H groups in total. The molecule has 0 spiro atoms. The summed E-state index contributed by atoms with van der Waals surface area (Å²) in [6, 6.07) is 18.8. The van der Waals surface area contributed by atoms with Crippen molar-refractivity contribution >= 4 is 47.4 Å². The average Bonchev–Trinajstić information content (AvgIpc) is 2.81. The molecule has 176 valence electrons. The Balaban J connectivity index is 0.00000306. The number of halogens is 1. The Labute approximate surface area is 213 Å². The summed E-state index contributed by atoms with van der Waals surface area (Å²) in [5.74, 6) is 0.772. The molecule has 7 heteroatoms. The van der Waals surface area contributed by atoms with Crippen LogP contribution in [0.1, 0.15) is 56.4 Å². The number of carbonyl (C=O) groups excluding carboxylic acids is 2. The number of piperidine rings is 1. The van der Waals surface area contributed by atoms with E-state index in [1.807, 2.05) is 48.5 Å². The number of hydrogen-bond acceptors (Lipinski definition) is 2. The van der Waals surface area contributed by atoms with E-state index in [0.717, 1.165) is 43.8 Å². The molecule has 2 atom stereocenters. The molecule has 0 radical (unpaired) electrons. The van der Waals surface area contributed by atoms with Gasteiger partial charge in [-0.2, -0.15) is 4.99 Å². The molecule has 0 aromatic heterocycles. The van der Waals surface area contributed by atoms with E-state index in [2.05, 4.69) is 27.8 Å². The van der Waals surface area contributed by atoms with Crippen molar-refractivity contribution in [3.05, 3.63) is 66.2 Å². The Morgan fingerprint density at radius 1 is 0.939 bits per heavy atom. The number of nitrogens with zero attached hydrogens (tertiary/aromatic N) is 2. The molecule has 2 unspecified atom stereocenters. The molecule has 0 aliphatic carbocycles. The topological polar surface area (TPSA) is 73.8 Å². The van der Waals surface area contributed by atoms with Crippen molar-refractivity contribution in [3.8, 4) is 0 Å². The van der Waals surface area contributed by atoms with Crippen LogP contribution in [-0.4, -0.2) is 41.8 Å². The molecular weight excluding hydrogens is 527 g/mol. The van der Waals surface area contributed by atoms with Crippen LogP contribution < -0.4 is 10.6 Å². The fourth-order valence-corrected chi connectivity index (χ4v) is 4.58. The summed E-state index contributed by atoms with van der Waals surface area (Å²) < 4.78 is 0. The van der Waals surface area contributed by atoms with Crippen LogP contribution in [-0.2, 0) is 4.79 Å². The highest BCUT2D eigenvalue weighted by Crippen LogP contribution is 2.32. The number of benzene rings is 2. The number of nitrogens with one attached hydrogen (secondary N) is 2. The predicted molar refractivity (Wildman–Crippen MR) is 143 cm³/mol. The molecule has 0 bridgehead atoms. The van der Waals surface area contributed by atoms with Gasteiger partial charge in [0.1, 0.15) is 11.9 Å². The zero-order valence-corrected chi connectivity index (χ0v) is 21.2. The SMILES string of the molecule is I.O=C(N=C1CCCCCCN1)C1CC(c2ccccc2)CCN1C(=O)Nc1ccccc1. The van der Waals surface area contributed by atoms with Crippen LogP contribution in [0.2, 0.25) is 0 Å². The van der Waals surface area contributed by atoms with Crippen LogP contribution in [0, 0.1) is 0 Å². The second-order valence-corrected chi connectivity index (χ2v) is 8.63. The van der Waals surface area contributed by atoms with Gasteiger partial charge in [-0.15, -0.1) is 24.0 Å². The molecule has 0 saturated carbocycles. The minimum atomic E-state index is -0.572. The molecule has 2 aliphatic heterocycles. The summed E-state index contributed by atoms with van der Waals surface area (Å²) in [6.07, 6.45) is 6.71. The third-order valence-corrected chi connectivity index (χ3v) is 6.36. The quantitative estimate of drug-likeness (QED) is 0.483. The highest BCUT2D eigenvalue weighted by atomic mass is 127.